The van der Waals surface area contributed by atoms with Crippen LogP contribution in [0.4, 0.5) is 10.1 Å². The third-order valence-corrected chi connectivity index (χ3v) is 7.79. The molecule has 2 saturated heterocycles. The Balaban J connectivity index is 1.29. The Morgan fingerprint density at radius 1 is 1.24 bits per heavy atom. The highest BCUT2D eigenvalue weighted by atomic mass is 32.1. The SMILES string of the molecule is C[C@@H]1C[C@]2(CCC(=O)N2c2cccc(F)c2)CCN1Cc1nc(-c2ccc(C#N)cc2)cs1. The van der Waals surface area contributed by atoms with Crippen LogP contribution in [0.5, 0.6) is 0 Å². The maximum atomic E-state index is 13.9. The molecule has 2 atom stereocenters. The van der Waals surface area contributed by atoms with Gasteiger partial charge < -0.3 is 4.90 Å². The highest BCUT2D eigenvalue weighted by molar-refractivity contribution is 7.09. The van der Waals surface area contributed by atoms with Crippen LogP contribution >= 0.6 is 11.3 Å². The zero-order valence-corrected chi connectivity index (χ0v) is 19.3. The quantitative estimate of drug-likeness (QED) is 0.525. The topological polar surface area (TPSA) is 60.2 Å². The van der Waals surface area contributed by atoms with Crippen molar-refractivity contribution < 1.29 is 9.18 Å². The number of nitriles is 1. The van der Waals surface area contributed by atoms with E-state index < -0.39 is 0 Å². The largest absolute Gasteiger partial charge is 0.306 e. The van der Waals surface area contributed by atoms with Crippen LogP contribution in [0.15, 0.2) is 53.9 Å². The molecule has 7 heteroatoms. The molecule has 0 bridgehead atoms. The molecule has 0 radical (unpaired) electrons. The Morgan fingerprint density at radius 2 is 2.06 bits per heavy atom. The molecule has 3 aromatic rings. The molecule has 2 aliphatic heterocycles. The van der Waals surface area contributed by atoms with Gasteiger partial charge in [-0.2, -0.15) is 5.26 Å². The maximum Gasteiger partial charge on any atom is 0.227 e. The van der Waals surface area contributed by atoms with Gasteiger partial charge in [0, 0.05) is 35.6 Å². The molecule has 33 heavy (non-hydrogen) atoms. The molecule has 2 fully saturated rings. The van der Waals surface area contributed by atoms with Crippen molar-refractivity contribution in [2.45, 2.75) is 50.7 Å². The average Bonchev–Trinajstić information content (AvgIpc) is 3.40. The van der Waals surface area contributed by atoms with Gasteiger partial charge in [0.05, 0.1) is 29.4 Å². The lowest BCUT2D eigenvalue weighted by atomic mass is 9.81. The van der Waals surface area contributed by atoms with Crippen molar-refractivity contribution in [1.82, 2.24) is 9.88 Å². The zero-order chi connectivity index (χ0) is 23.0. The number of carbonyl (C=O) groups is 1. The van der Waals surface area contributed by atoms with E-state index >= 15 is 0 Å². The molecule has 0 N–H and O–H groups in total. The summed E-state index contributed by atoms with van der Waals surface area (Å²) in [6.07, 6.45) is 3.07. The first kappa shape index (κ1) is 21.7. The van der Waals surface area contributed by atoms with Crippen molar-refractivity contribution in [2.24, 2.45) is 0 Å². The molecule has 1 amide bonds. The summed E-state index contributed by atoms with van der Waals surface area (Å²) >= 11 is 1.65. The molecule has 168 valence electrons. The van der Waals surface area contributed by atoms with Crippen molar-refractivity contribution in [3.8, 4) is 17.3 Å². The first-order valence-electron chi connectivity index (χ1n) is 11.3. The Hall–Kier alpha value is -3.08. The van der Waals surface area contributed by atoms with Gasteiger partial charge in [0.2, 0.25) is 5.91 Å². The van der Waals surface area contributed by atoms with Crippen LogP contribution < -0.4 is 4.90 Å². The second kappa shape index (κ2) is 8.69. The predicted molar refractivity (Wildman–Crippen MR) is 127 cm³/mol. The van der Waals surface area contributed by atoms with Crippen LogP contribution in [0.25, 0.3) is 11.3 Å². The fraction of sp³-hybridized carbons (Fsp3) is 0.346. The van der Waals surface area contributed by atoms with E-state index in [2.05, 4.69) is 23.3 Å². The van der Waals surface area contributed by atoms with E-state index in [1.165, 1.54) is 12.1 Å². The summed E-state index contributed by atoms with van der Waals surface area (Å²) in [4.78, 5) is 21.9. The number of hydrogen-bond donors (Lipinski definition) is 0. The van der Waals surface area contributed by atoms with E-state index in [4.69, 9.17) is 10.2 Å². The molecule has 5 nitrogen and oxygen atoms in total. The molecule has 0 unspecified atom stereocenters. The van der Waals surface area contributed by atoms with Crippen LogP contribution in [-0.2, 0) is 11.3 Å². The minimum atomic E-state index is -0.310. The highest BCUT2D eigenvalue weighted by Crippen LogP contribution is 2.44. The molecule has 5 rings (SSSR count). The van der Waals surface area contributed by atoms with Crippen LogP contribution in [0.1, 0.15) is 43.2 Å². The lowest BCUT2D eigenvalue weighted by Gasteiger charge is -2.48. The standard InChI is InChI=1S/C26H25FN4OS/c1-18-14-26(10-9-25(32)31(26)22-4-2-3-21(27)13-22)11-12-30(18)16-24-29-23(17-33-24)20-7-5-19(15-28)6-8-20/h2-8,13,17-18H,9-12,14,16H2,1H3/t18-,26+/m1/s1. The summed E-state index contributed by atoms with van der Waals surface area (Å²) in [6.45, 7) is 3.85. The Bertz CT molecular complexity index is 1220. The first-order chi connectivity index (χ1) is 16.0. The summed E-state index contributed by atoms with van der Waals surface area (Å²) in [5, 5.41) is 12.1. The predicted octanol–water partition coefficient (Wildman–Crippen LogP) is 5.37. The number of nitrogens with zero attached hydrogens (tertiary/aromatic N) is 4. The van der Waals surface area contributed by atoms with Gasteiger partial charge in [-0.1, -0.05) is 18.2 Å². The summed E-state index contributed by atoms with van der Waals surface area (Å²) < 4.78 is 13.9. The van der Waals surface area contributed by atoms with Crippen molar-refractivity contribution in [1.29, 1.82) is 5.26 Å². The van der Waals surface area contributed by atoms with Crippen molar-refractivity contribution in [3.05, 3.63) is 70.3 Å². The minimum absolute atomic E-state index is 0.0910. The summed E-state index contributed by atoms with van der Waals surface area (Å²) in [5.41, 5.74) is 3.02. The second-order valence-corrected chi connectivity index (χ2v) is 9.97. The Morgan fingerprint density at radius 3 is 2.79 bits per heavy atom. The van der Waals surface area contributed by atoms with Gasteiger partial charge in [-0.05, 0) is 56.5 Å². The van der Waals surface area contributed by atoms with Gasteiger partial charge >= 0.3 is 0 Å². The number of likely N-dealkylation sites (tertiary alicyclic amines) is 1. The number of aromatic nitrogens is 1. The van der Waals surface area contributed by atoms with Crippen LogP contribution in [0.2, 0.25) is 0 Å². The number of hydrogen-bond acceptors (Lipinski definition) is 5. The smallest absolute Gasteiger partial charge is 0.227 e. The van der Waals surface area contributed by atoms with Crippen LogP contribution in [0, 0.1) is 17.1 Å². The maximum absolute atomic E-state index is 13.9. The van der Waals surface area contributed by atoms with Crippen LogP contribution in [-0.4, -0.2) is 33.9 Å². The number of anilines is 1. The zero-order valence-electron chi connectivity index (χ0n) is 18.5. The van der Waals surface area contributed by atoms with Crippen molar-refractivity contribution >= 4 is 22.9 Å². The molecule has 0 saturated carbocycles. The molecule has 0 aliphatic carbocycles. The number of carbonyl (C=O) groups excluding carboxylic acids is 1. The Kier molecular flexibility index (Phi) is 5.73. The van der Waals surface area contributed by atoms with Gasteiger partial charge in [-0.25, -0.2) is 9.37 Å². The van der Waals surface area contributed by atoms with Gasteiger partial charge in [-0.15, -0.1) is 11.3 Å². The van der Waals surface area contributed by atoms with E-state index in [0.29, 0.717) is 17.7 Å². The average molecular weight is 461 g/mol. The summed E-state index contributed by atoms with van der Waals surface area (Å²) in [5.74, 6) is -0.220. The minimum Gasteiger partial charge on any atom is -0.306 e. The van der Waals surface area contributed by atoms with E-state index in [1.54, 1.807) is 17.4 Å². The second-order valence-electron chi connectivity index (χ2n) is 9.02. The number of rotatable bonds is 4. The normalized spacial score (nSPS) is 23.2. The number of thiazole rings is 1. The van der Waals surface area contributed by atoms with E-state index in [9.17, 15) is 9.18 Å². The van der Waals surface area contributed by atoms with E-state index in [1.807, 2.05) is 35.2 Å². The Labute approximate surface area is 197 Å². The fourth-order valence-electron chi connectivity index (χ4n) is 5.28. The molecule has 1 spiro atoms. The lowest BCUT2D eigenvalue weighted by molar-refractivity contribution is -0.117. The molecular weight excluding hydrogens is 435 g/mol. The fourth-order valence-corrected chi connectivity index (χ4v) is 6.11. The number of benzene rings is 2. The molecule has 2 aliphatic rings. The van der Waals surface area contributed by atoms with E-state index in [-0.39, 0.29) is 23.3 Å². The number of amides is 1. The first-order valence-corrected chi connectivity index (χ1v) is 12.1. The highest BCUT2D eigenvalue weighted by Gasteiger charge is 2.49. The summed E-state index contributed by atoms with van der Waals surface area (Å²) in [7, 11) is 0. The monoisotopic (exact) mass is 460 g/mol. The van der Waals surface area contributed by atoms with Crippen molar-refractivity contribution in [3.63, 3.8) is 0 Å². The van der Waals surface area contributed by atoms with E-state index in [0.717, 1.165) is 48.6 Å². The number of piperidine rings is 1. The lowest BCUT2D eigenvalue weighted by Crippen LogP contribution is -2.56. The molecule has 1 aromatic heterocycles. The molecule has 2 aromatic carbocycles. The third-order valence-electron chi connectivity index (χ3n) is 6.96. The third kappa shape index (κ3) is 4.17. The number of halogens is 1. The van der Waals surface area contributed by atoms with Crippen LogP contribution in [0.3, 0.4) is 0 Å². The molecule has 3 heterocycles. The summed E-state index contributed by atoms with van der Waals surface area (Å²) in [6, 6.07) is 16.3. The molecular formula is C26H25FN4OS. The van der Waals surface area contributed by atoms with Gasteiger partial charge in [0.1, 0.15) is 10.8 Å². The van der Waals surface area contributed by atoms with Crippen molar-refractivity contribution in [2.75, 3.05) is 11.4 Å². The van der Waals surface area contributed by atoms with Gasteiger partial charge in [0.15, 0.2) is 0 Å². The van der Waals surface area contributed by atoms with Gasteiger partial charge in [-0.3, -0.25) is 9.69 Å². The van der Waals surface area contributed by atoms with Gasteiger partial charge in [0.25, 0.3) is 0 Å².